The molecule has 0 radical (unpaired) electrons. The van der Waals surface area contributed by atoms with Gasteiger partial charge in [0.1, 0.15) is 12.7 Å². The highest BCUT2D eigenvalue weighted by molar-refractivity contribution is 5.91. The molecular weight excluding hydrogens is 356 g/mol. The predicted molar refractivity (Wildman–Crippen MR) is 96.0 cm³/mol. The molecule has 0 spiro atoms. The lowest BCUT2D eigenvalue weighted by molar-refractivity contribution is 0.0599. The quantitative estimate of drug-likeness (QED) is 0.675. The number of hydrogen-bond donors (Lipinski definition) is 2. The van der Waals surface area contributed by atoms with Crippen LogP contribution in [0.4, 0.5) is 0 Å². The summed E-state index contributed by atoms with van der Waals surface area (Å²) in [5, 5.41) is 20.7. The fraction of sp³-hybridized carbons (Fsp3) is 0.316. The lowest BCUT2D eigenvalue weighted by atomic mass is 10.1. The van der Waals surface area contributed by atoms with Crippen molar-refractivity contribution in [2.75, 3.05) is 35.0 Å². The Morgan fingerprint density at radius 1 is 1.00 bits per heavy atom. The van der Waals surface area contributed by atoms with E-state index in [1.165, 1.54) is 40.6 Å². The number of carbonyl (C=O) groups excluding carboxylic acids is 1. The van der Waals surface area contributed by atoms with E-state index in [-0.39, 0.29) is 29.4 Å². The topological polar surface area (TPSA) is 104 Å². The van der Waals surface area contributed by atoms with E-state index in [2.05, 4.69) is 4.74 Å². The number of esters is 1. The van der Waals surface area contributed by atoms with Gasteiger partial charge >= 0.3 is 5.97 Å². The summed E-state index contributed by atoms with van der Waals surface area (Å²) >= 11 is 0. The molecule has 1 atom stereocenters. The van der Waals surface area contributed by atoms with Crippen LogP contribution in [0.1, 0.15) is 22.0 Å². The summed E-state index contributed by atoms with van der Waals surface area (Å²) in [7, 11) is 5.56. The third kappa shape index (κ3) is 4.35. The maximum atomic E-state index is 11.6. The third-order valence-corrected chi connectivity index (χ3v) is 3.85. The van der Waals surface area contributed by atoms with Crippen LogP contribution in [-0.2, 0) is 4.74 Å². The molecule has 0 saturated heterocycles. The average molecular weight is 378 g/mol. The molecular formula is C19H22O8. The number of benzene rings is 2. The van der Waals surface area contributed by atoms with E-state index < -0.39 is 12.1 Å². The van der Waals surface area contributed by atoms with Gasteiger partial charge in [0.05, 0.1) is 34.0 Å². The van der Waals surface area contributed by atoms with Gasteiger partial charge in [-0.2, -0.15) is 0 Å². The molecule has 8 nitrogen and oxygen atoms in total. The highest BCUT2D eigenvalue weighted by Gasteiger charge is 2.21. The van der Waals surface area contributed by atoms with Crippen LogP contribution in [0, 0.1) is 0 Å². The molecule has 0 aliphatic carbocycles. The summed E-state index contributed by atoms with van der Waals surface area (Å²) in [6, 6.07) is 7.66. The average Bonchev–Trinajstić information content (AvgIpc) is 2.70. The van der Waals surface area contributed by atoms with Gasteiger partial charge < -0.3 is 33.9 Å². The van der Waals surface area contributed by atoms with E-state index >= 15 is 0 Å². The molecule has 2 aromatic carbocycles. The molecule has 2 aromatic rings. The summed E-state index contributed by atoms with van der Waals surface area (Å²) < 4.78 is 25.8. The fourth-order valence-electron chi connectivity index (χ4n) is 2.55. The molecule has 146 valence electrons. The maximum absolute atomic E-state index is 11.6. The van der Waals surface area contributed by atoms with Crippen LogP contribution in [-0.4, -0.2) is 51.2 Å². The Morgan fingerprint density at radius 3 is 2.30 bits per heavy atom. The second-order valence-corrected chi connectivity index (χ2v) is 5.43. The Labute approximate surface area is 156 Å². The van der Waals surface area contributed by atoms with Crippen molar-refractivity contribution in [3.63, 3.8) is 0 Å². The summed E-state index contributed by atoms with van der Waals surface area (Å²) in [6.45, 7) is -0.203. The lowest BCUT2D eigenvalue weighted by Gasteiger charge is -2.19. The predicted octanol–water partition coefficient (Wildman–Crippen LogP) is 2.32. The zero-order valence-corrected chi connectivity index (χ0v) is 15.5. The molecule has 0 bridgehead atoms. The molecule has 8 heteroatoms. The molecule has 0 saturated carbocycles. The molecule has 2 rings (SSSR count). The third-order valence-electron chi connectivity index (χ3n) is 3.85. The summed E-state index contributed by atoms with van der Waals surface area (Å²) in [6.07, 6.45) is -1.07. The summed E-state index contributed by atoms with van der Waals surface area (Å²) in [5.74, 6) is 0.0207. The van der Waals surface area contributed by atoms with Crippen LogP contribution in [0.25, 0.3) is 0 Å². The number of rotatable bonds is 8. The molecule has 0 fully saturated rings. The normalized spacial score (nSPS) is 11.4. The Balaban J connectivity index is 2.25. The van der Waals surface area contributed by atoms with Crippen molar-refractivity contribution in [1.29, 1.82) is 0 Å². The number of phenolic OH excluding ortho intramolecular Hbond substituents is 1. The SMILES string of the molecule is COC(=O)c1cc(O)c(OCC(O)c2cccc(OC)c2OC)c(OC)c1. The van der Waals surface area contributed by atoms with Crippen LogP contribution in [0.2, 0.25) is 0 Å². The summed E-state index contributed by atoms with van der Waals surface area (Å²) in [5.41, 5.74) is 0.565. The standard InChI is InChI=1S/C19H22O8/c1-23-15-7-5-6-12(17(15)25-3)14(21)10-27-18-13(20)8-11(19(22)26-4)9-16(18)24-2/h5-9,14,20-21H,10H2,1-4H3. The molecule has 0 aliphatic rings. The van der Waals surface area contributed by atoms with Crippen molar-refractivity contribution in [3.05, 3.63) is 41.5 Å². The molecule has 2 N–H and O–H groups in total. The van der Waals surface area contributed by atoms with Gasteiger partial charge in [-0.15, -0.1) is 0 Å². The first kappa shape index (κ1) is 20.2. The molecule has 1 unspecified atom stereocenters. The van der Waals surface area contributed by atoms with Crippen molar-refractivity contribution >= 4 is 5.97 Å². The number of ether oxygens (including phenoxy) is 5. The number of aromatic hydroxyl groups is 1. The van der Waals surface area contributed by atoms with Gasteiger partial charge in [-0.1, -0.05) is 12.1 Å². The van der Waals surface area contributed by atoms with Crippen LogP contribution in [0.3, 0.4) is 0 Å². The Morgan fingerprint density at radius 2 is 1.70 bits per heavy atom. The summed E-state index contributed by atoms with van der Waals surface area (Å²) in [4.78, 5) is 11.6. The zero-order chi connectivity index (χ0) is 20.0. The van der Waals surface area contributed by atoms with Crippen molar-refractivity contribution in [3.8, 4) is 28.7 Å². The number of aliphatic hydroxyl groups is 1. The highest BCUT2D eigenvalue weighted by Crippen LogP contribution is 2.39. The fourth-order valence-corrected chi connectivity index (χ4v) is 2.55. The monoisotopic (exact) mass is 378 g/mol. The largest absolute Gasteiger partial charge is 0.504 e. The van der Waals surface area contributed by atoms with E-state index in [4.69, 9.17) is 18.9 Å². The van der Waals surface area contributed by atoms with Gasteiger partial charge in [-0.3, -0.25) is 0 Å². The van der Waals surface area contributed by atoms with Crippen molar-refractivity contribution < 1.29 is 38.7 Å². The Kier molecular flexibility index (Phi) is 6.73. The lowest BCUT2D eigenvalue weighted by Crippen LogP contribution is -2.12. The first-order valence-corrected chi connectivity index (χ1v) is 7.97. The van der Waals surface area contributed by atoms with Crippen LogP contribution in [0.5, 0.6) is 28.7 Å². The Bertz CT molecular complexity index is 803. The molecule has 0 aromatic heterocycles. The minimum Gasteiger partial charge on any atom is -0.504 e. The van der Waals surface area contributed by atoms with Gasteiger partial charge in [0, 0.05) is 5.56 Å². The number of para-hydroxylation sites is 1. The van der Waals surface area contributed by atoms with Gasteiger partial charge in [-0.25, -0.2) is 4.79 Å². The van der Waals surface area contributed by atoms with E-state index in [0.717, 1.165) is 0 Å². The van der Waals surface area contributed by atoms with Gasteiger partial charge in [0.25, 0.3) is 0 Å². The van der Waals surface area contributed by atoms with Gasteiger partial charge in [-0.05, 0) is 18.2 Å². The van der Waals surface area contributed by atoms with E-state index in [0.29, 0.717) is 17.1 Å². The zero-order valence-electron chi connectivity index (χ0n) is 15.5. The molecule has 0 amide bonds. The maximum Gasteiger partial charge on any atom is 0.338 e. The van der Waals surface area contributed by atoms with Crippen molar-refractivity contribution in [2.24, 2.45) is 0 Å². The first-order valence-electron chi connectivity index (χ1n) is 7.97. The minimum absolute atomic E-state index is 0.00827. The van der Waals surface area contributed by atoms with Gasteiger partial charge in [0.2, 0.25) is 5.75 Å². The van der Waals surface area contributed by atoms with Crippen LogP contribution >= 0.6 is 0 Å². The number of hydrogen-bond acceptors (Lipinski definition) is 8. The number of phenols is 1. The minimum atomic E-state index is -1.07. The van der Waals surface area contributed by atoms with E-state index in [9.17, 15) is 15.0 Å². The molecule has 27 heavy (non-hydrogen) atoms. The van der Waals surface area contributed by atoms with E-state index in [1.54, 1.807) is 18.2 Å². The molecule has 0 aliphatic heterocycles. The second kappa shape index (κ2) is 9.00. The molecule has 0 heterocycles. The smallest absolute Gasteiger partial charge is 0.338 e. The van der Waals surface area contributed by atoms with Crippen LogP contribution in [0.15, 0.2) is 30.3 Å². The number of carbonyl (C=O) groups is 1. The van der Waals surface area contributed by atoms with Crippen LogP contribution < -0.4 is 18.9 Å². The second-order valence-electron chi connectivity index (χ2n) is 5.43. The first-order chi connectivity index (χ1) is 13.0. The van der Waals surface area contributed by atoms with Crippen molar-refractivity contribution in [2.45, 2.75) is 6.10 Å². The van der Waals surface area contributed by atoms with Gasteiger partial charge in [0.15, 0.2) is 23.0 Å². The van der Waals surface area contributed by atoms with E-state index in [1.807, 2.05) is 0 Å². The number of aliphatic hydroxyl groups excluding tert-OH is 1. The van der Waals surface area contributed by atoms with Crippen molar-refractivity contribution in [1.82, 2.24) is 0 Å². The highest BCUT2D eigenvalue weighted by atomic mass is 16.5. The number of methoxy groups -OCH3 is 4. The Hall–Kier alpha value is -3.13.